The van der Waals surface area contributed by atoms with Crippen LogP contribution in [0.15, 0.2) is 36.5 Å². The quantitative estimate of drug-likeness (QED) is 0.896. The topological polar surface area (TPSA) is 84.7 Å². The number of carbonyl (C=O) groups is 2. The van der Waals surface area contributed by atoms with E-state index in [0.717, 1.165) is 11.4 Å². The molecule has 7 nitrogen and oxygen atoms in total. The van der Waals surface area contributed by atoms with Gasteiger partial charge in [-0.1, -0.05) is 0 Å². The number of amides is 1. The number of aliphatic carboxylic acids is 1. The van der Waals surface area contributed by atoms with Gasteiger partial charge in [0.25, 0.3) is 5.91 Å². The summed E-state index contributed by atoms with van der Waals surface area (Å²) in [6, 6.07) is 8.73. The predicted molar refractivity (Wildman–Crippen MR) is 90.8 cm³/mol. The fourth-order valence-electron chi connectivity index (χ4n) is 3.24. The molecule has 2 unspecified atom stereocenters. The van der Waals surface area contributed by atoms with Gasteiger partial charge in [-0.05, 0) is 43.7 Å². The molecule has 1 amide bonds. The van der Waals surface area contributed by atoms with E-state index in [1.807, 2.05) is 25.1 Å². The highest BCUT2D eigenvalue weighted by Gasteiger charge is 2.36. The zero-order valence-electron chi connectivity index (χ0n) is 14.3. The molecule has 2 atom stereocenters. The summed E-state index contributed by atoms with van der Waals surface area (Å²) in [6.45, 7) is 2.37. The van der Waals surface area contributed by atoms with Gasteiger partial charge >= 0.3 is 5.97 Å². The summed E-state index contributed by atoms with van der Waals surface area (Å²) in [5, 5.41) is 13.3. The Balaban J connectivity index is 1.79. The highest BCUT2D eigenvalue weighted by molar-refractivity contribution is 5.95. The lowest BCUT2D eigenvalue weighted by atomic mass is 10.1. The Morgan fingerprint density at radius 2 is 2.00 bits per heavy atom. The first kappa shape index (κ1) is 17.2. The second kappa shape index (κ2) is 7.06. The summed E-state index contributed by atoms with van der Waals surface area (Å²) < 4.78 is 7.11. The lowest BCUT2D eigenvalue weighted by Gasteiger charge is -2.23. The maximum atomic E-state index is 12.8. The molecule has 1 aromatic carbocycles. The van der Waals surface area contributed by atoms with Crippen molar-refractivity contribution in [3.8, 4) is 5.69 Å². The number of likely N-dealkylation sites (tertiary alicyclic amines) is 1. The van der Waals surface area contributed by atoms with Crippen molar-refractivity contribution in [3.63, 3.8) is 0 Å². The number of carboxylic acids is 1. The van der Waals surface area contributed by atoms with Gasteiger partial charge in [0, 0.05) is 37.2 Å². The highest BCUT2D eigenvalue weighted by atomic mass is 16.5. The molecule has 0 aliphatic carbocycles. The van der Waals surface area contributed by atoms with E-state index in [-0.39, 0.29) is 24.5 Å². The first-order valence-electron chi connectivity index (χ1n) is 8.16. The number of methoxy groups -OCH3 is 1. The molecule has 0 saturated carbocycles. The van der Waals surface area contributed by atoms with Crippen LogP contribution in [0.3, 0.4) is 0 Å². The van der Waals surface area contributed by atoms with Gasteiger partial charge in [0.1, 0.15) is 0 Å². The van der Waals surface area contributed by atoms with E-state index in [9.17, 15) is 9.59 Å². The van der Waals surface area contributed by atoms with Gasteiger partial charge in [-0.15, -0.1) is 0 Å². The molecule has 1 fully saturated rings. The normalized spacial score (nSPS) is 20.0. The largest absolute Gasteiger partial charge is 0.481 e. The molecule has 7 heteroatoms. The molecule has 1 saturated heterocycles. The smallest absolute Gasteiger partial charge is 0.305 e. The Labute approximate surface area is 145 Å². The molecular formula is C18H21N3O4. The van der Waals surface area contributed by atoms with E-state index >= 15 is 0 Å². The third kappa shape index (κ3) is 3.56. The van der Waals surface area contributed by atoms with Gasteiger partial charge in [0.05, 0.1) is 18.2 Å². The average molecular weight is 343 g/mol. The Kier molecular flexibility index (Phi) is 4.85. The fraction of sp³-hybridized carbons (Fsp3) is 0.389. The molecule has 0 spiro atoms. The number of hydrogen-bond acceptors (Lipinski definition) is 4. The number of carboxylic acid groups (broad SMARTS) is 1. The maximum absolute atomic E-state index is 12.8. The van der Waals surface area contributed by atoms with Crippen LogP contribution in [-0.2, 0) is 9.53 Å². The van der Waals surface area contributed by atoms with Crippen molar-refractivity contribution in [1.29, 1.82) is 0 Å². The van der Waals surface area contributed by atoms with Crippen molar-refractivity contribution < 1.29 is 19.4 Å². The lowest BCUT2D eigenvalue weighted by Crippen LogP contribution is -2.37. The number of rotatable bonds is 5. The SMILES string of the molecule is COC1CC(CC(=O)O)N(C(=O)c2ccc(-n3nccc3C)cc2)C1. The highest BCUT2D eigenvalue weighted by Crippen LogP contribution is 2.25. The third-order valence-corrected chi connectivity index (χ3v) is 4.57. The van der Waals surface area contributed by atoms with E-state index in [4.69, 9.17) is 9.84 Å². The number of ether oxygens (including phenoxy) is 1. The van der Waals surface area contributed by atoms with Crippen LogP contribution in [0.2, 0.25) is 0 Å². The molecule has 1 aromatic heterocycles. The second-order valence-electron chi connectivity index (χ2n) is 6.23. The van der Waals surface area contributed by atoms with E-state index in [0.29, 0.717) is 18.5 Å². The Morgan fingerprint density at radius 1 is 1.28 bits per heavy atom. The van der Waals surface area contributed by atoms with Crippen LogP contribution in [-0.4, -0.2) is 57.5 Å². The number of nitrogens with zero attached hydrogens (tertiary/aromatic N) is 3. The van der Waals surface area contributed by atoms with Gasteiger partial charge in [-0.3, -0.25) is 9.59 Å². The molecule has 1 aliphatic heterocycles. The molecule has 3 rings (SSSR count). The van der Waals surface area contributed by atoms with Crippen molar-refractivity contribution in [2.24, 2.45) is 0 Å². The van der Waals surface area contributed by atoms with Crippen molar-refractivity contribution in [1.82, 2.24) is 14.7 Å². The zero-order chi connectivity index (χ0) is 18.0. The van der Waals surface area contributed by atoms with Gasteiger partial charge in [0.15, 0.2) is 0 Å². The molecule has 0 radical (unpaired) electrons. The Hall–Kier alpha value is -2.67. The third-order valence-electron chi connectivity index (χ3n) is 4.57. The first-order chi connectivity index (χ1) is 12.0. The van der Waals surface area contributed by atoms with Crippen molar-refractivity contribution in [2.45, 2.75) is 31.9 Å². The fourth-order valence-corrected chi connectivity index (χ4v) is 3.24. The van der Waals surface area contributed by atoms with E-state index < -0.39 is 5.97 Å². The van der Waals surface area contributed by atoms with Crippen LogP contribution in [0.5, 0.6) is 0 Å². The average Bonchev–Trinajstić information content (AvgIpc) is 3.20. The van der Waals surface area contributed by atoms with Gasteiger partial charge in [-0.25, -0.2) is 4.68 Å². The maximum Gasteiger partial charge on any atom is 0.305 e. The van der Waals surface area contributed by atoms with Crippen LogP contribution in [0, 0.1) is 6.92 Å². The van der Waals surface area contributed by atoms with Crippen LogP contribution >= 0.6 is 0 Å². The van der Waals surface area contributed by atoms with Crippen LogP contribution in [0.25, 0.3) is 5.69 Å². The molecule has 2 heterocycles. The zero-order valence-corrected chi connectivity index (χ0v) is 14.3. The lowest BCUT2D eigenvalue weighted by molar-refractivity contribution is -0.137. The first-order valence-corrected chi connectivity index (χ1v) is 8.16. The summed E-state index contributed by atoms with van der Waals surface area (Å²) >= 11 is 0. The van der Waals surface area contributed by atoms with Gasteiger partial charge in [0.2, 0.25) is 0 Å². The summed E-state index contributed by atoms with van der Waals surface area (Å²) in [6.07, 6.45) is 2.06. The van der Waals surface area contributed by atoms with Crippen LogP contribution in [0.1, 0.15) is 28.9 Å². The standard InChI is InChI=1S/C18H21N3O4/c1-12-7-8-19-21(12)14-5-3-13(4-6-14)18(24)20-11-16(25-2)9-15(20)10-17(22)23/h3-8,15-16H,9-11H2,1-2H3,(H,22,23). The van der Waals surface area contributed by atoms with Crippen LogP contribution in [0.4, 0.5) is 0 Å². The summed E-state index contributed by atoms with van der Waals surface area (Å²) in [7, 11) is 1.58. The Bertz CT molecular complexity index is 769. The molecule has 1 N–H and O–H groups in total. The number of carbonyl (C=O) groups excluding carboxylic acids is 1. The summed E-state index contributed by atoms with van der Waals surface area (Å²) in [4.78, 5) is 25.5. The summed E-state index contributed by atoms with van der Waals surface area (Å²) in [5.41, 5.74) is 2.40. The van der Waals surface area contributed by atoms with E-state index in [1.54, 1.807) is 35.0 Å². The van der Waals surface area contributed by atoms with E-state index in [1.165, 1.54) is 0 Å². The minimum atomic E-state index is -0.913. The van der Waals surface area contributed by atoms with Crippen molar-refractivity contribution in [2.75, 3.05) is 13.7 Å². The van der Waals surface area contributed by atoms with Crippen molar-refractivity contribution >= 4 is 11.9 Å². The van der Waals surface area contributed by atoms with Crippen molar-refractivity contribution in [3.05, 3.63) is 47.8 Å². The minimum Gasteiger partial charge on any atom is -0.481 e. The molecule has 2 aromatic rings. The number of aryl methyl sites for hydroxylation is 1. The molecule has 0 bridgehead atoms. The minimum absolute atomic E-state index is 0.0732. The van der Waals surface area contributed by atoms with Gasteiger partial charge in [-0.2, -0.15) is 5.10 Å². The number of hydrogen-bond donors (Lipinski definition) is 1. The van der Waals surface area contributed by atoms with E-state index in [2.05, 4.69) is 5.10 Å². The second-order valence-corrected chi connectivity index (χ2v) is 6.23. The molecule has 132 valence electrons. The molecule has 1 aliphatic rings. The summed E-state index contributed by atoms with van der Waals surface area (Å²) in [5.74, 6) is -1.08. The predicted octanol–water partition coefficient (Wildman–Crippen LogP) is 1.88. The number of benzene rings is 1. The van der Waals surface area contributed by atoms with Gasteiger partial charge < -0.3 is 14.7 Å². The monoisotopic (exact) mass is 343 g/mol. The Morgan fingerprint density at radius 3 is 2.56 bits per heavy atom. The van der Waals surface area contributed by atoms with Crippen LogP contribution < -0.4 is 0 Å². The molecule has 25 heavy (non-hydrogen) atoms. The number of aromatic nitrogens is 2. The molecular weight excluding hydrogens is 322 g/mol.